The van der Waals surface area contributed by atoms with Gasteiger partial charge in [-0.3, -0.25) is 14.2 Å². The average Bonchev–Trinajstić information content (AvgIpc) is 3.07. The Kier molecular flexibility index (Phi) is 7.24. The first-order valence-corrected chi connectivity index (χ1v) is 11.5. The second-order valence-electron chi connectivity index (χ2n) is 6.76. The molecule has 0 amide bonds. The van der Waals surface area contributed by atoms with Gasteiger partial charge in [-0.1, -0.05) is 55.9 Å². The number of rotatable bonds is 8. The van der Waals surface area contributed by atoms with E-state index < -0.39 is 0 Å². The Morgan fingerprint density at radius 3 is 2.79 bits per heavy atom. The molecule has 7 heteroatoms. The van der Waals surface area contributed by atoms with Crippen molar-refractivity contribution in [3.05, 3.63) is 51.9 Å². The Morgan fingerprint density at radius 2 is 2.11 bits per heavy atom. The van der Waals surface area contributed by atoms with Crippen LogP contribution in [0.1, 0.15) is 38.4 Å². The first-order chi connectivity index (χ1) is 13.5. The number of hydrogen-bond donors (Lipinski definition) is 0. The second kappa shape index (κ2) is 9.65. The lowest BCUT2D eigenvalue weighted by atomic mass is 10.1. The highest BCUT2D eigenvalue weighted by Crippen LogP contribution is 2.35. The van der Waals surface area contributed by atoms with Gasteiger partial charge >= 0.3 is 5.97 Å². The van der Waals surface area contributed by atoms with Crippen molar-refractivity contribution in [2.45, 2.75) is 67.1 Å². The molecule has 2 atom stereocenters. The molecule has 1 aromatic heterocycles. The Balaban J connectivity index is 1.92. The molecule has 0 aliphatic carbocycles. The van der Waals surface area contributed by atoms with Crippen LogP contribution < -0.4 is 5.56 Å². The Morgan fingerprint density at radius 1 is 1.36 bits per heavy atom. The third-order valence-corrected chi connectivity index (χ3v) is 7.15. The molecular formula is C21H26N2O3S2. The normalized spacial score (nSPS) is 16.6. The number of carbonyl (C=O) groups is 1. The van der Waals surface area contributed by atoms with Gasteiger partial charge in [0.25, 0.3) is 5.56 Å². The summed E-state index contributed by atoms with van der Waals surface area (Å²) in [7, 11) is 0. The van der Waals surface area contributed by atoms with Crippen LogP contribution in [-0.4, -0.2) is 32.6 Å². The lowest BCUT2D eigenvalue weighted by Crippen LogP contribution is -2.28. The SMILES string of the molecule is CCOC(=O)[C@H](CC)Sc1nc2c(c(=O)n1CCc1ccccc1)S[C@@H](C)C2. The summed E-state index contributed by atoms with van der Waals surface area (Å²) in [5.74, 6) is -0.248. The molecule has 0 saturated heterocycles. The summed E-state index contributed by atoms with van der Waals surface area (Å²) < 4.78 is 6.94. The number of carbonyl (C=O) groups excluding carboxylic acids is 1. The van der Waals surface area contributed by atoms with Gasteiger partial charge in [-0.05, 0) is 25.3 Å². The summed E-state index contributed by atoms with van der Waals surface area (Å²) in [5, 5.41) is 0.610. The Labute approximate surface area is 174 Å². The van der Waals surface area contributed by atoms with Crippen molar-refractivity contribution in [3.8, 4) is 0 Å². The number of benzene rings is 1. The molecule has 0 N–H and O–H groups in total. The topological polar surface area (TPSA) is 61.2 Å². The van der Waals surface area contributed by atoms with Crippen LogP contribution in [0, 0.1) is 0 Å². The number of aryl methyl sites for hydroxylation is 1. The zero-order valence-corrected chi connectivity index (χ0v) is 18.1. The largest absolute Gasteiger partial charge is 0.465 e. The summed E-state index contributed by atoms with van der Waals surface area (Å²) in [4.78, 5) is 31.0. The van der Waals surface area contributed by atoms with Crippen LogP contribution in [0.15, 0.2) is 45.2 Å². The van der Waals surface area contributed by atoms with Gasteiger partial charge in [0.1, 0.15) is 5.25 Å². The lowest BCUT2D eigenvalue weighted by molar-refractivity contribution is -0.142. The fraction of sp³-hybridized carbons (Fsp3) is 0.476. The zero-order valence-electron chi connectivity index (χ0n) is 16.5. The average molecular weight is 419 g/mol. The summed E-state index contributed by atoms with van der Waals surface area (Å²) in [5.41, 5.74) is 2.04. The van der Waals surface area contributed by atoms with E-state index in [0.29, 0.717) is 30.0 Å². The maximum Gasteiger partial charge on any atom is 0.319 e. The van der Waals surface area contributed by atoms with Crippen molar-refractivity contribution in [1.82, 2.24) is 9.55 Å². The highest BCUT2D eigenvalue weighted by Gasteiger charge is 2.28. The van der Waals surface area contributed by atoms with E-state index in [9.17, 15) is 9.59 Å². The fourth-order valence-electron chi connectivity index (χ4n) is 3.16. The predicted octanol–water partition coefficient (Wildman–Crippen LogP) is 3.96. The highest BCUT2D eigenvalue weighted by atomic mass is 32.2. The van der Waals surface area contributed by atoms with Crippen LogP contribution in [0.4, 0.5) is 0 Å². The smallest absolute Gasteiger partial charge is 0.319 e. The van der Waals surface area contributed by atoms with Crippen LogP contribution in [0.25, 0.3) is 0 Å². The number of esters is 1. The molecule has 150 valence electrons. The molecule has 28 heavy (non-hydrogen) atoms. The van der Waals surface area contributed by atoms with Gasteiger partial charge in [0.05, 0.1) is 17.2 Å². The zero-order chi connectivity index (χ0) is 20.1. The van der Waals surface area contributed by atoms with E-state index in [2.05, 4.69) is 19.1 Å². The number of hydrogen-bond acceptors (Lipinski definition) is 6. The van der Waals surface area contributed by atoms with E-state index in [1.807, 2.05) is 25.1 Å². The van der Waals surface area contributed by atoms with E-state index in [-0.39, 0.29) is 16.8 Å². The van der Waals surface area contributed by atoms with Crippen molar-refractivity contribution in [2.24, 2.45) is 0 Å². The molecule has 0 fully saturated rings. The number of thioether (sulfide) groups is 2. The number of aromatic nitrogens is 2. The molecule has 0 bridgehead atoms. The number of fused-ring (bicyclic) bond motifs is 1. The maximum atomic E-state index is 13.2. The first-order valence-electron chi connectivity index (χ1n) is 9.71. The molecule has 1 aliphatic rings. The van der Waals surface area contributed by atoms with Gasteiger partial charge in [-0.15, -0.1) is 11.8 Å². The van der Waals surface area contributed by atoms with E-state index in [1.54, 1.807) is 23.3 Å². The van der Waals surface area contributed by atoms with Crippen LogP contribution in [-0.2, 0) is 28.9 Å². The minimum atomic E-state index is -0.362. The van der Waals surface area contributed by atoms with Crippen LogP contribution in [0.5, 0.6) is 0 Å². The molecule has 0 unspecified atom stereocenters. The molecule has 1 aliphatic heterocycles. The molecule has 2 aromatic rings. The van der Waals surface area contributed by atoms with E-state index >= 15 is 0 Å². The van der Waals surface area contributed by atoms with Crippen molar-refractivity contribution in [2.75, 3.05) is 6.61 Å². The second-order valence-corrected chi connectivity index (χ2v) is 9.38. The van der Waals surface area contributed by atoms with Crippen LogP contribution >= 0.6 is 23.5 Å². The third kappa shape index (κ3) is 4.81. The van der Waals surface area contributed by atoms with Gasteiger partial charge in [0, 0.05) is 18.2 Å². The van der Waals surface area contributed by atoms with E-state index in [4.69, 9.17) is 9.72 Å². The third-order valence-electron chi connectivity index (χ3n) is 4.60. The maximum absolute atomic E-state index is 13.2. The van der Waals surface area contributed by atoms with Gasteiger partial charge < -0.3 is 4.74 Å². The molecule has 1 aromatic carbocycles. The van der Waals surface area contributed by atoms with Gasteiger partial charge in [-0.25, -0.2) is 4.98 Å². The summed E-state index contributed by atoms with van der Waals surface area (Å²) in [6, 6.07) is 10.1. The van der Waals surface area contributed by atoms with Crippen molar-refractivity contribution >= 4 is 29.5 Å². The summed E-state index contributed by atoms with van der Waals surface area (Å²) >= 11 is 2.95. The Bertz CT molecular complexity index is 883. The number of nitrogens with zero attached hydrogens (tertiary/aromatic N) is 2. The van der Waals surface area contributed by atoms with Gasteiger partial charge in [0.15, 0.2) is 5.16 Å². The van der Waals surface area contributed by atoms with Crippen LogP contribution in [0.2, 0.25) is 0 Å². The van der Waals surface area contributed by atoms with Crippen molar-refractivity contribution < 1.29 is 9.53 Å². The molecule has 2 heterocycles. The summed E-state index contributed by atoms with van der Waals surface area (Å²) in [6.45, 7) is 6.76. The Hall–Kier alpha value is -1.73. The predicted molar refractivity (Wildman–Crippen MR) is 114 cm³/mol. The molecule has 5 nitrogen and oxygen atoms in total. The molecule has 0 saturated carbocycles. The minimum Gasteiger partial charge on any atom is -0.465 e. The molecule has 0 spiro atoms. The quantitative estimate of drug-likeness (QED) is 0.367. The monoisotopic (exact) mass is 418 g/mol. The molecule has 3 rings (SSSR count). The van der Waals surface area contributed by atoms with Crippen molar-refractivity contribution in [3.63, 3.8) is 0 Å². The van der Waals surface area contributed by atoms with E-state index in [0.717, 1.165) is 23.4 Å². The first kappa shape index (κ1) is 21.0. The standard InChI is InChI=1S/C21H26N2O3S2/c1-4-17(20(25)26-5-2)28-21-22-16-13-14(3)27-18(16)19(24)23(21)12-11-15-9-7-6-8-10-15/h6-10,14,17H,4-5,11-13H2,1-3H3/t14-,17-/m0/s1. The highest BCUT2D eigenvalue weighted by molar-refractivity contribution is 8.00. The van der Waals surface area contributed by atoms with Gasteiger partial charge in [-0.2, -0.15) is 0 Å². The molecule has 0 radical (unpaired) electrons. The van der Waals surface area contributed by atoms with Gasteiger partial charge in [0.2, 0.25) is 0 Å². The summed E-state index contributed by atoms with van der Waals surface area (Å²) in [6.07, 6.45) is 2.16. The molecular weight excluding hydrogens is 392 g/mol. The number of ether oxygens (including phenoxy) is 1. The minimum absolute atomic E-state index is 0.0106. The van der Waals surface area contributed by atoms with E-state index in [1.165, 1.54) is 17.3 Å². The van der Waals surface area contributed by atoms with Crippen LogP contribution in [0.3, 0.4) is 0 Å². The fourth-order valence-corrected chi connectivity index (χ4v) is 5.33. The van der Waals surface area contributed by atoms with Crippen molar-refractivity contribution in [1.29, 1.82) is 0 Å². The lowest BCUT2D eigenvalue weighted by Gasteiger charge is -2.17.